The average molecular weight is 413 g/mol. The van der Waals surface area contributed by atoms with Crippen LogP contribution < -0.4 is 0 Å². The van der Waals surface area contributed by atoms with Crippen LogP contribution >= 0.6 is 15.9 Å². The minimum absolute atomic E-state index is 0.309. The largest absolute Gasteiger partial charge is 0.478 e. The molecule has 5 heteroatoms. The van der Waals surface area contributed by atoms with Gasteiger partial charge in [0, 0.05) is 4.47 Å². The van der Waals surface area contributed by atoms with Crippen LogP contribution in [-0.4, -0.2) is 22.2 Å². The van der Waals surface area contributed by atoms with E-state index in [1.54, 1.807) is 36.4 Å². The fourth-order valence-corrected chi connectivity index (χ4v) is 2.55. The van der Waals surface area contributed by atoms with E-state index in [2.05, 4.69) is 15.9 Å². The maximum Gasteiger partial charge on any atom is 0.335 e. The van der Waals surface area contributed by atoms with Crippen LogP contribution in [0, 0.1) is 6.92 Å². The van der Waals surface area contributed by atoms with E-state index in [9.17, 15) is 9.59 Å². The molecule has 0 aliphatic carbocycles. The van der Waals surface area contributed by atoms with E-state index in [0.29, 0.717) is 11.1 Å². The van der Waals surface area contributed by atoms with Crippen LogP contribution in [0.3, 0.4) is 0 Å². The number of hydrogen-bond donors (Lipinski definition) is 2. The molecule has 3 aromatic rings. The standard InChI is InChI=1S/C14H12O2.C7H5BrO2/c1-10-4-2-3-5-13(10)11-6-8-12(9-7-11)14(15)16;8-6-3-1-5(2-4-6)7(9)10/h2-9H,1H3,(H,15,16);1-4H,(H,9,10). The van der Waals surface area contributed by atoms with Crippen molar-refractivity contribution in [2.75, 3.05) is 0 Å². The van der Waals surface area contributed by atoms with E-state index in [4.69, 9.17) is 10.2 Å². The number of carboxylic acid groups (broad SMARTS) is 2. The molecular formula is C21H17BrO4. The van der Waals surface area contributed by atoms with Crippen LogP contribution in [0.25, 0.3) is 11.1 Å². The van der Waals surface area contributed by atoms with Crippen molar-refractivity contribution in [1.82, 2.24) is 0 Å². The van der Waals surface area contributed by atoms with E-state index < -0.39 is 11.9 Å². The molecule has 0 atom stereocenters. The number of carbonyl (C=O) groups is 2. The van der Waals surface area contributed by atoms with Crippen molar-refractivity contribution in [2.45, 2.75) is 6.92 Å². The highest BCUT2D eigenvalue weighted by molar-refractivity contribution is 9.10. The lowest BCUT2D eigenvalue weighted by Gasteiger charge is -2.05. The van der Waals surface area contributed by atoms with Crippen molar-refractivity contribution in [3.8, 4) is 11.1 Å². The highest BCUT2D eigenvalue weighted by Crippen LogP contribution is 2.23. The molecule has 0 aromatic heterocycles. The van der Waals surface area contributed by atoms with Gasteiger partial charge >= 0.3 is 11.9 Å². The second kappa shape index (κ2) is 8.97. The fraction of sp³-hybridized carbons (Fsp3) is 0.0476. The summed E-state index contributed by atoms with van der Waals surface area (Å²) >= 11 is 3.20. The molecule has 132 valence electrons. The summed E-state index contributed by atoms with van der Waals surface area (Å²) < 4.78 is 0.887. The first kappa shape index (κ1) is 19.4. The Morgan fingerprint density at radius 2 is 1.19 bits per heavy atom. The molecule has 0 aliphatic heterocycles. The van der Waals surface area contributed by atoms with Crippen LogP contribution in [0.4, 0.5) is 0 Å². The highest BCUT2D eigenvalue weighted by Gasteiger charge is 2.04. The summed E-state index contributed by atoms with van der Waals surface area (Å²) in [5, 5.41) is 17.3. The third kappa shape index (κ3) is 5.29. The molecule has 3 aromatic carbocycles. The fourth-order valence-electron chi connectivity index (χ4n) is 2.28. The smallest absolute Gasteiger partial charge is 0.335 e. The van der Waals surface area contributed by atoms with Gasteiger partial charge in [-0.1, -0.05) is 52.3 Å². The van der Waals surface area contributed by atoms with Crippen LogP contribution in [0.2, 0.25) is 0 Å². The van der Waals surface area contributed by atoms with Crippen LogP contribution in [0.15, 0.2) is 77.3 Å². The van der Waals surface area contributed by atoms with Gasteiger partial charge in [-0.2, -0.15) is 0 Å². The predicted molar refractivity (Wildman–Crippen MR) is 105 cm³/mol. The van der Waals surface area contributed by atoms with Gasteiger partial charge < -0.3 is 10.2 Å². The molecule has 0 heterocycles. The monoisotopic (exact) mass is 412 g/mol. The number of aromatic carboxylic acids is 2. The lowest BCUT2D eigenvalue weighted by atomic mass is 10.00. The second-order valence-corrected chi connectivity index (χ2v) is 6.43. The van der Waals surface area contributed by atoms with Gasteiger partial charge in [0.1, 0.15) is 0 Å². The highest BCUT2D eigenvalue weighted by atomic mass is 79.9. The summed E-state index contributed by atoms with van der Waals surface area (Å²) in [6, 6.07) is 21.5. The molecule has 0 spiro atoms. The van der Waals surface area contributed by atoms with Crippen LogP contribution in [-0.2, 0) is 0 Å². The molecule has 0 unspecified atom stereocenters. The third-order valence-electron chi connectivity index (χ3n) is 3.68. The minimum atomic E-state index is -0.896. The molecule has 26 heavy (non-hydrogen) atoms. The zero-order valence-corrected chi connectivity index (χ0v) is 15.6. The zero-order chi connectivity index (χ0) is 19.1. The van der Waals surface area contributed by atoms with Gasteiger partial charge in [0.15, 0.2) is 0 Å². The van der Waals surface area contributed by atoms with E-state index in [1.807, 2.05) is 43.3 Å². The van der Waals surface area contributed by atoms with Crippen LogP contribution in [0.5, 0.6) is 0 Å². The quantitative estimate of drug-likeness (QED) is 0.594. The molecule has 0 amide bonds. The van der Waals surface area contributed by atoms with Gasteiger partial charge in [0.2, 0.25) is 0 Å². The summed E-state index contributed by atoms with van der Waals surface area (Å²) in [7, 11) is 0. The van der Waals surface area contributed by atoms with Crippen molar-refractivity contribution in [3.63, 3.8) is 0 Å². The van der Waals surface area contributed by atoms with Gasteiger partial charge in [0.25, 0.3) is 0 Å². The number of rotatable bonds is 3. The second-order valence-electron chi connectivity index (χ2n) is 5.51. The maximum absolute atomic E-state index is 10.7. The molecule has 0 bridgehead atoms. The minimum Gasteiger partial charge on any atom is -0.478 e. The molecule has 2 N–H and O–H groups in total. The summed E-state index contributed by atoms with van der Waals surface area (Å²) in [6.45, 7) is 2.04. The number of aryl methyl sites for hydroxylation is 1. The van der Waals surface area contributed by atoms with Crippen molar-refractivity contribution >= 4 is 27.9 Å². The lowest BCUT2D eigenvalue weighted by molar-refractivity contribution is 0.0686. The Morgan fingerprint density at radius 3 is 1.65 bits per heavy atom. The molecule has 0 aliphatic rings. The van der Waals surface area contributed by atoms with E-state index in [-0.39, 0.29) is 0 Å². The Labute approximate surface area is 159 Å². The molecule has 0 saturated carbocycles. The molecule has 0 radical (unpaired) electrons. The normalized spacial score (nSPS) is 9.77. The summed E-state index contributed by atoms with van der Waals surface area (Å²) in [4.78, 5) is 21.0. The van der Waals surface area contributed by atoms with Gasteiger partial charge in [-0.3, -0.25) is 0 Å². The first-order valence-corrected chi connectivity index (χ1v) is 8.56. The van der Waals surface area contributed by atoms with Crippen molar-refractivity contribution in [1.29, 1.82) is 0 Å². The molecule has 0 saturated heterocycles. The van der Waals surface area contributed by atoms with Crippen molar-refractivity contribution < 1.29 is 19.8 Å². The lowest BCUT2D eigenvalue weighted by Crippen LogP contribution is -1.95. The zero-order valence-electron chi connectivity index (χ0n) is 14.0. The summed E-state index contributed by atoms with van der Waals surface area (Å²) in [5.74, 6) is -1.79. The SMILES string of the molecule is Cc1ccccc1-c1ccc(C(=O)O)cc1.O=C(O)c1ccc(Br)cc1. The average Bonchev–Trinajstić information content (AvgIpc) is 2.63. The number of carboxylic acids is 2. The van der Waals surface area contributed by atoms with Crippen LogP contribution in [0.1, 0.15) is 26.3 Å². The van der Waals surface area contributed by atoms with Gasteiger partial charge in [-0.05, 0) is 60.0 Å². The van der Waals surface area contributed by atoms with E-state index in [1.165, 1.54) is 5.56 Å². The summed E-state index contributed by atoms with van der Waals surface area (Å²) in [5.41, 5.74) is 3.99. The molecule has 0 fully saturated rings. The molecule has 3 rings (SSSR count). The van der Waals surface area contributed by atoms with E-state index >= 15 is 0 Å². The number of hydrogen-bond acceptors (Lipinski definition) is 2. The van der Waals surface area contributed by atoms with Gasteiger partial charge in [-0.25, -0.2) is 9.59 Å². The Hall–Kier alpha value is -2.92. The third-order valence-corrected chi connectivity index (χ3v) is 4.21. The first-order valence-electron chi connectivity index (χ1n) is 7.76. The predicted octanol–water partition coefficient (Wildman–Crippen LogP) is 5.51. The van der Waals surface area contributed by atoms with Gasteiger partial charge in [0.05, 0.1) is 11.1 Å². The van der Waals surface area contributed by atoms with Crippen molar-refractivity contribution in [2.24, 2.45) is 0 Å². The molecular weight excluding hydrogens is 396 g/mol. The first-order chi connectivity index (χ1) is 12.4. The van der Waals surface area contributed by atoms with Crippen molar-refractivity contribution in [3.05, 3.63) is 94.0 Å². The van der Waals surface area contributed by atoms with Gasteiger partial charge in [-0.15, -0.1) is 0 Å². The molecule has 4 nitrogen and oxygen atoms in total. The number of benzene rings is 3. The van der Waals surface area contributed by atoms with E-state index in [0.717, 1.165) is 15.6 Å². The Balaban J connectivity index is 0.000000209. The maximum atomic E-state index is 10.7. The number of halogens is 1. The Bertz CT molecular complexity index is 900. The summed E-state index contributed by atoms with van der Waals surface area (Å²) in [6.07, 6.45) is 0. The topological polar surface area (TPSA) is 74.6 Å². The Kier molecular flexibility index (Phi) is 6.69. The Morgan fingerprint density at radius 1 is 0.731 bits per heavy atom.